The van der Waals surface area contributed by atoms with Crippen molar-refractivity contribution in [3.63, 3.8) is 0 Å². The van der Waals surface area contributed by atoms with Crippen LogP contribution in [0.25, 0.3) is 0 Å². The Hall–Kier alpha value is -2.34. The van der Waals surface area contributed by atoms with E-state index in [-0.39, 0.29) is 24.3 Å². The number of aliphatic hydroxyl groups is 1. The van der Waals surface area contributed by atoms with Crippen molar-refractivity contribution in [2.75, 3.05) is 5.32 Å². The zero-order chi connectivity index (χ0) is 17.3. The number of amides is 1. The topological polar surface area (TPSA) is 49.3 Å². The van der Waals surface area contributed by atoms with Gasteiger partial charge in [0.2, 0.25) is 5.91 Å². The van der Waals surface area contributed by atoms with Crippen LogP contribution in [0.15, 0.2) is 48.5 Å². The van der Waals surface area contributed by atoms with E-state index >= 15 is 0 Å². The van der Waals surface area contributed by atoms with Crippen molar-refractivity contribution in [2.45, 2.75) is 25.1 Å². The lowest BCUT2D eigenvalue weighted by Gasteiger charge is -2.09. The highest BCUT2D eigenvalue weighted by Gasteiger charge is 2.44. The van der Waals surface area contributed by atoms with Crippen LogP contribution in [0.3, 0.4) is 0 Å². The number of benzene rings is 2. The molecule has 0 heterocycles. The summed E-state index contributed by atoms with van der Waals surface area (Å²) in [4.78, 5) is 12.2. The molecule has 1 aliphatic rings. The molecule has 0 spiro atoms. The van der Waals surface area contributed by atoms with Gasteiger partial charge in [-0.2, -0.15) is 13.2 Å². The first-order chi connectivity index (χ1) is 11.4. The maximum atomic E-state index is 12.8. The molecule has 6 heteroatoms. The van der Waals surface area contributed by atoms with Crippen molar-refractivity contribution in [2.24, 2.45) is 5.92 Å². The van der Waals surface area contributed by atoms with Crippen molar-refractivity contribution in [3.05, 3.63) is 65.2 Å². The molecule has 3 rings (SSSR count). The summed E-state index contributed by atoms with van der Waals surface area (Å²) in [6.45, 7) is -0.125. The van der Waals surface area contributed by atoms with Crippen LogP contribution < -0.4 is 5.32 Å². The fraction of sp³-hybridized carbons (Fsp3) is 0.278. The predicted octanol–water partition coefficient (Wildman–Crippen LogP) is 3.94. The second-order valence-corrected chi connectivity index (χ2v) is 5.92. The molecule has 1 saturated carbocycles. The second-order valence-electron chi connectivity index (χ2n) is 5.92. The first-order valence-corrected chi connectivity index (χ1v) is 7.56. The minimum atomic E-state index is -4.38. The predicted molar refractivity (Wildman–Crippen MR) is 83.3 cm³/mol. The number of carbonyl (C=O) groups is 1. The zero-order valence-corrected chi connectivity index (χ0v) is 12.7. The summed E-state index contributed by atoms with van der Waals surface area (Å²) in [6.07, 6.45) is -3.85. The molecule has 0 saturated heterocycles. The molecule has 2 aromatic carbocycles. The van der Waals surface area contributed by atoms with Gasteiger partial charge in [0.1, 0.15) is 0 Å². The fourth-order valence-electron chi connectivity index (χ4n) is 2.78. The van der Waals surface area contributed by atoms with Crippen molar-refractivity contribution < 1.29 is 23.1 Å². The standard InChI is InChI=1S/C18H16F3NO2/c19-18(20,21)13-5-2-4-12(8-13)15-9-16(15)17(24)22-14-6-1-3-11(7-14)10-23/h1-8,15-16,23H,9-10H2,(H,22,24). The Kier molecular flexibility index (Phi) is 4.32. The highest BCUT2D eigenvalue weighted by molar-refractivity contribution is 5.95. The average molecular weight is 335 g/mol. The number of hydrogen-bond acceptors (Lipinski definition) is 2. The number of halogens is 3. The molecule has 2 atom stereocenters. The van der Waals surface area contributed by atoms with E-state index in [0.717, 1.165) is 12.1 Å². The lowest BCUT2D eigenvalue weighted by molar-refractivity contribution is -0.137. The largest absolute Gasteiger partial charge is 0.416 e. The smallest absolute Gasteiger partial charge is 0.392 e. The molecule has 3 nitrogen and oxygen atoms in total. The Bertz CT molecular complexity index is 758. The van der Waals surface area contributed by atoms with Gasteiger partial charge in [-0.1, -0.05) is 30.3 Å². The van der Waals surface area contributed by atoms with Gasteiger partial charge < -0.3 is 10.4 Å². The first-order valence-electron chi connectivity index (χ1n) is 7.56. The average Bonchev–Trinajstić information content (AvgIpc) is 3.35. The van der Waals surface area contributed by atoms with Gasteiger partial charge in [-0.05, 0) is 41.7 Å². The van der Waals surface area contributed by atoms with Crippen LogP contribution in [0.2, 0.25) is 0 Å². The van der Waals surface area contributed by atoms with E-state index in [1.165, 1.54) is 6.07 Å². The molecule has 0 aliphatic heterocycles. The molecule has 1 fully saturated rings. The van der Waals surface area contributed by atoms with Crippen LogP contribution in [0.1, 0.15) is 29.0 Å². The summed E-state index contributed by atoms with van der Waals surface area (Å²) >= 11 is 0. The number of alkyl halides is 3. The number of rotatable bonds is 4. The van der Waals surface area contributed by atoms with Crippen LogP contribution >= 0.6 is 0 Å². The molecule has 1 amide bonds. The molecule has 2 unspecified atom stereocenters. The highest BCUT2D eigenvalue weighted by atomic mass is 19.4. The summed E-state index contributed by atoms with van der Waals surface area (Å²) in [5, 5.41) is 11.8. The number of nitrogens with one attached hydrogen (secondary N) is 1. The number of anilines is 1. The van der Waals surface area contributed by atoms with E-state index in [1.54, 1.807) is 30.3 Å². The SMILES string of the molecule is O=C(Nc1cccc(CO)c1)C1CC1c1cccc(C(F)(F)F)c1. The van der Waals surface area contributed by atoms with E-state index < -0.39 is 11.7 Å². The maximum Gasteiger partial charge on any atom is 0.416 e. The van der Waals surface area contributed by atoms with Crippen molar-refractivity contribution in [1.82, 2.24) is 0 Å². The van der Waals surface area contributed by atoms with Gasteiger partial charge in [-0.15, -0.1) is 0 Å². The minimum absolute atomic E-state index is 0.125. The molecular formula is C18H16F3NO2. The summed E-state index contributed by atoms with van der Waals surface area (Å²) in [6, 6.07) is 12.0. The minimum Gasteiger partial charge on any atom is -0.392 e. The Morgan fingerprint density at radius 1 is 1.17 bits per heavy atom. The summed E-state index contributed by atoms with van der Waals surface area (Å²) < 4.78 is 38.3. The molecule has 126 valence electrons. The summed E-state index contributed by atoms with van der Waals surface area (Å²) in [5.74, 6) is -0.730. The second kappa shape index (κ2) is 6.28. The van der Waals surface area contributed by atoms with Gasteiger partial charge in [0.15, 0.2) is 0 Å². The quantitative estimate of drug-likeness (QED) is 0.889. The van der Waals surface area contributed by atoms with E-state index in [0.29, 0.717) is 23.2 Å². The van der Waals surface area contributed by atoms with Crippen molar-refractivity contribution in [1.29, 1.82) is 0 Å². The Balaban J connectivity index is 1.67. The Labute approximate surface area is 137 Å². The zero-order valence-electron chi connectivity index (χ0n) is 12.7. The van der Waals surface area contributed by atoms with Crippen LogP contribution in [0.4, 0.5) is 18.9 Å². The van der Waals surface area contributed by atoms with Crippen molar-refractivity contribution in [3.8, 4) is 0 Å². The van der Waals surface area contributed by atoms with Crippen LogP contribution in [0.5, 0.6) is 0 Å². The van der Waals surface area contributed by atoms with Gasteiger partial charge in [0.25, 0.3) is 0 Å². The molecule has 2 N–H and O–H groups in total. The van der Waals surface area contributed by atoms with Crippen LogP contribution in [-0.2, 0) is 17.6 Å². The van der Waals surface area contributed by atoms with E-state index in [1.807, 2.05) is 0 Å². The molecular weight excluding hydrogens is 319 g/mol. The highest BCUT2D eigenvalue weighted by Crippen LogP contribution is 2.48. The number of aliphatic hydroxyl groups excluding tert-OH is 1. The number of carbonyl (C=O) groups excluding carboxylic acids is 1. The van der Waals surface area contributed by atoms with E-state index in [2.05, 4.69) is 5.32 Å². The van der Waals surface area contributed by atoms with Gasteiger partial charge in [0, 0.05) is 11.6 Å². The molecule has 2 aromatic rings. The monoisotopic (exact) mass is 335 g/mol. The van der Waals surface area contributed by atoms with Gasteiger partial charge in [0.05, 0.1) is 12.2 Å². The third-order valence-electron chi connectivity index (χ3n) is 4.15. The maximum absolute atomic E-state index is 12.8. The van der Waals surface area contributed by atoms with E-state index in [9.17, 15) is 18.0 Å². The summed E-state index contributed by atoms with van der Waals surface area (Å²) in [5.41, 5.74) is 1.09. The van der Waals surface area contributed by atoms with Crippen LogP contribution in [-0.4, -0.2) is 11.0 Å². The lowest BCUT2D eigenvalue weighted by atomic mass is 10.1. The fourth-order valence-corrected chi connectivity index (χ4v) is 2.78. The summed E-state index contributed by atoms with van der Waals surface area (Å²) in [7, 11) is 0. The Morgan fingerprint density at radius 2 is 1.92 bits per heavy atom. The normalized spacial score (nSPS) is 19.8. The van der Waals surface area contributed by atoms with Gasteiger partial charge >= 0.3 is 6.18 Å². The molecule has 0 bridgehead atoms. The van der Waals surface area contributed by atoms with Crippen LogP contribution in [0, 0.1) is 5.92 Å². The third-order valence-corrected chi connectivity index (χ3v) is 4.15. The van der Waals surface area contributed by atoms with Gasteiger partial charge in [-0.3, -0.25) is 4.79 Å². The molecule has 24 heavy (non-hydrogen) atoms. The third kappa shape index (κ3) is 3.59. The molecule has 0 radical (unpaired) electrons. The van der Waals surface area contributed by atoms with E-state index in [4.69, 9.17) is 5.11 Å². The lowest BCUT2D eigenvalue weighted by Crippen LogP contribution is -2.14. The van der Waals surface area contributed by atoms with Gasteiger partial charge in [-0.25, -0.2) is 0 Å². The Morgan fingerprint density at radius 3 is 2.62 bits per heavy atom. The molecule has 0 aromatic heterocycles. The van der Waals surface area contributed by atoms with Crippen molar-refractivity contribution >= 4 is 11.6 Å². The first kappa shape index (κ1) is 16.5. The molecule has 1 aliphatic carbocycles. The number of hydrogen-bond donors (Lipinski definition) is 2.